The van der Waals surface area contributed by atoms with Gasteiger partial charge in [0, 0.05) is 17.3 Å². The third kappa shape index (κ3) is 3.86. The lowest BCUT2D eigenvalue weighted by molar-refractivity contribution is 0.0250. The molecule has 26 heavy (non-hydrogen) atoms. The highest BCUT2D eigenvalue weighted by atomic mass is 35.5. The average molecular weight is 399 g/mol. The molecule has 0 bridgehead atoms. The van der Waals surface area contributed by atoms with Crippen LogP contribution in [0.1, 0.15) is 30.8 Å². The monoisotopic (exact) mass is 398 g/mol. The smallest absolute Gasteiger partial charge is 0.358 e. The number of fused-ring (bicyclic) bond motifs is 1. The van der Waals surface area contributed by atoms with E-state index in [-0.39, 0.29) is 23.4 Å². The number of imidazole rings is 1. The van der Waals surface area contributed by atoms with Gasteiger partial charge in [0.25, 0.3) is 6.29 Å². The summed E-state index contributed by atoms with van der Waals surface area (Å²) in [6.45, 7) is 3.89. The van der Waals surface area contributed by atoms with Gasteiger partial charge in [0.15, 0.2) is 22.2 Å². The van der Waals surface area contributed by atoms with E-state index in [9.17, 15) is 9.00 Å². The minimum absolute atomic E-state index is 0.146. The zero-order chi connectivity index (χ0) is 18.8. The Kier molecular flexibility index (Phi) is 5.52. The number of hydrogen-bond donors (Lipinski definition) is 0. The quantitative estimate of drug-likeness (QED) is 0.696. The Morgan fingerprint density at radius 2 is 2.15 bits per heavy atom. The molecular weight excluding hydrogens is 380 g/mol. The summed E-state index contributed by atoms with van der Waals surface area (Å²) in [7, 11) is -1.44. The minimum Gasteiger partial charge on any atom is -0.458 e. The Labute approximate surface area is 158 Å². The van der Waals surface area contributed by atoms with Crippen molar-refractivity contribution in [3.8, 4) is 11.5 Å². The number of rotatable bonds is 6. The van der Waals surface area contributed by atoms with Crippen LogP contribution in [-0.2, 0) is 22.1 Å². The number of carbonyl (C=O) groups is 1. The summed E-state index contributed by atoms with van der Waals surface area (Å²) in [6.07, 6.45) is 2.66. The molecule has 3 rings (SSSR count). The minimum atomic E-state index is -1.44. The van der Waals surface area contributed by atoms with E-state index in [0.717, 1.165) is 0 Å². The SMILES string of the molecule is CCC(C)OC(=O)c1c(S(C)=O)ncn1CC1Oc2ccc(Cl)cc2O1. The molecule has 0 spiro atoms. The highest BCUT2D eigenvalue weighted by Crippen LogP contribution is 2.37. The van der Waals surface area contributed by atoms with E-state index in [2.05, 4.69) is 4.98 Å². The Morgan fingerprint density at radius 1 is 1.42 bits per heavy atom. The van der Waals surface area contributed by atoms with Crippen LogP contribution in [0.4, 0.5) is 0 Å². The van der Waals surface area contributed by atoms with Crippen LogP contribution in [0.3, 0.4) is 0 Å². The van der Waals surface area contributed by atoms with Gasteiger partial charge in [-0.05, 0) is 25.5 Å². The summed E-state index contributed by atoms with van der Waals surface area (Å²) < 4.78 is 30.3. The van der Waals surface area contributed by atoms with Crippen molar-refractivity contribution in [2.45, 2.75) is 44.2 Å². The standard InChI is InChI=1S/C17H19ClN2O5S/c1-4-10(2)23-17(21)15-16(26(3)22)19-9-20(15)8-14-24-12-6-5-11(18)7-13(12)25-14/h5-7,9-10,14H,4,8H2,1-3H3. The predicted octanol–water partition coefficient (Wildman–Crippen LogP) is 3.03. The number of halogens is 1. The topological polar surface area (TPSA) is 79.7 Å². The van der Waals surface area contributed by atoms with Gasteiger partial charge in [-0.15, -0.1) is 0 Å². The third-order valence-corrected chi connectivity index (χ3v) is 5.00. The maximum atomic E-state index is 12.5. The third-order valence-electron chi connectivity index (χ3n) is 3.92. The van der Waals surface area contributed by atoms with Gasteiger partial charge >= 0.3 is 5.97 Å². The second kappa shape index (κ2) is 7.67. The van der Waals surface area contributed by atoms with Crippen molar-refractivity contribution in [3.63, 3.8) is 0 Å². The normalized spacial score (nSPS) is 17.8. The number of benzene rings is 1. The molecule has 1 aromatic heterocycles. The highest BCUT2D eigenvalue weighted by molar-refractivity contribution is 7.84. The van der Waals surface area contributed by atoms with E-state index in [4.69, 9.17) is 25.8 Å². The number of aromatic nitrogens is 2. The molecule has 0 amide bonds. The number of ether oxygens (including phenoxy) is 3. The van der Waals surface area contributed by atoms with Crippen molar-refractivity contribution in [2.75, 3.05) is 6.26 Å². The fourth-order valence-corrected chi connectivity index (χ4v) is 3.28. The van der Waals surface area contributed by atoms with Crippen LogP contribution in [0.15, 0.2) is 29.6 Å². The Bertz CT molecular complexity index is 854. The van der Waals surface area contributed by atoms with Gasteiger partial charge in [-0.1, -0.05) is 18.5 Å². The van der Waals surface area contributed by atoms with E-state index < -0.39 is 23.1 Å². The zero-order valence-corrected chi connectivity index (χ0v) is 16.2. The van der Waals surface area contributed by atoms with Crippen LogP contribution < -0.4 is 9.47 Å². The van der Waals surface area contributed by atoms with Crippen molar-refractivity contribution in [1.82, 2.24) is 9.55 Å². The van der Waals surface area contributed by atoms with Crippen LogP contribution in [0, 0.1) is 0 Å². The summed E-state index contributed by atoms with van der Waals surface area (Å²) in [6, 6.07) is 5.09. The van der Waals surface area contributed by atoms with Crippen LogP contribution in [0.25, 0.3) is 0 Å². The second-order valence-corrected chi connectivity index (χ2v) is 7.62. The van der Waals surface area contributed by atoms with E-state index in [1.807, 2.05) is 6.92 Å². The van der Waals surface area contributed by atoms with Gasteiger partial charge in [-0.25, -0.2) is 9.78 Å². The molecule has 0 radical (unpaired) electrons. The van der Waals surface area contributed by atoms with Crippen molar-refractivity contribution in [1.29, 1.82) is 0 Å². The number of hydrogen-bond acceptors (Lipinski definition) is 6. The van der Waals surface area contributed by atoms with Gasteiger partial charge in [0.05, 0.1) is 29.8 Å². The Hall–Kier alpha value is -2.06. The molecule has 0 fully saturated rings. The van der Waals surface area contributed by atoms with Crippen LogP contribution in [0.5, 0.6) is 11.5 Å². The molecule has 140 valence electrons. The summed E-state index contributed by atoms with van der Waals surface area (Å²) in [4.78, 5) is 16.6. The lowest BCUT2D eigenvalue weighted by Crippen LogP contribution is -2.27. The molecule has 7 nitrogen and oxygen atoms in total. The highest BCUT2D eigenvalue weighted by Gasteiger charge is 2.29. The predicted molar refractivity (Wildman–Crippen MR) is 96.2 cm³/mol. The van der Waals surface area contributed by atoms with Crippen LogP contribution in [-0.4, -0.2) is 38.4 Å². The van der Waals surface area contributed by atoms with Gasteiger partial charge in [0.1, 0.15) is 0 Å². The van der Waals surface area contributed by atoms with E-state index in [0.29, 0.717) is 22.9 Å². The molecule has 1 aliphatic heterocycles. The Balaban J connectivity index is 1.82. The number of carbonyl (C=O) groups excluding carboxylic acids is 1. The molecule has 0 saturated carbocycles. The fourth-order valence-electron chi connectivity index (χ4n) is 2.45. The maximum absolute atomic E-state index is 12.5. The first-order chi connectivity index (χ1) is 12.4. The van der Waals surface area contributed by atoms with Crippen LogP contribution in [0.2, 0.25) is 5.02 Å². The summed E-state index contributed by atoms with van der Waals surface area (Å²) >= 11 is 5.95. The van der Waals surface area contributed by atoms with Crippen molar-refractivity contribution in [3.05, 3.63) is 35.2 Å². The fraction of sp³-hybridized carbons (Fsp3) is 0.412. The van der Waals surface area contributed by atoms with Gasteiger partial charge in [-0.3, -0.25) is 4.21 Å². The van der Waals surface area contributed by atoms with Crippen molar-refractivity contribution in [2.24, 2.45) is 0 Å². The summed E-state index contributed by atoms with van der Waals surface area (Å²) in [5, 5.41) is 0.717. The molecule has 2 heterocycles. The van der Waals surface area contributed by atoms with Crippen molar-refractivity contribution >= 4 is 28.4 Å². The largest absolute Gasteiger partial charge is 0.458 e. The zero-order valence-electron chi connectivity index (χ0n) is 14.6. The Morgan fingerprint density at radius 3 is 2.85 bits per heavy atom. The molecule has 3 atom stereocenters. The first-order valence-electron chi connectivity index (χ1n) is 8.11. The average Bonchev–Trinajstić information content (AvgIpc) is 3.18. The molecule has 0 saturated heterocycles. The van der Waals surface area contributed by atoms with Crippen molar-refractivity contribution < 1.29 is 23.2 Å². The molecule has 0 N–H and O–H groups in total. The molecule has 1 aliphatic rings. The van der Waals surface area contributed by atoms with E-state index in [1.54, 1.807) is 29.7 Å². The number of esters is 1. The molecule has 9 heteroatoms. The molecular formula is C17H19ClN2O5S. The van der Waals surface area contributed by atoms with E-state index >= 15 is 0 Å². The summed E-state index contributed by atoms with van der Waals surface area (Å²) in [5.74, 6) is 0.536. The summed E-state index contributed by atoms with van der Waals surface area (Å²) in [5.41, 5.74) is 0.146. The first kappa shape index (κ1) is 18.7. The van der Waals surface area contributed by atoms with Gasteiger partial charge < -0.3 is 18.8 Å². The van der Waals surface area contributed by atoms with Crippen LogP contribution >= 0.6 is 11.6 Å². The maximum Gasteiger partial charge on any atom is 0.358 e. The molecule has 0 aliphatic carbocycles. The number of nitrogens with zero attached hydrogens (tertiary/aromatic N) is 2. The van der Waals surface area contributed by atoms with Gasteiger partial charge in [-0.2, -0.15) is 0 Å². The second-order valence-electron chi connectivity index (χ2n) is 5.89. The molecule has 3 unspecified atom stereocenters. The lowest BCUT2D eigenvalue weighted by Gasteiger charge is -2.15. The molecule has 2 aromatic rings. The first-order valence-corrected chi connectivity index (χ1v) is 10.0. The van der Waals surface area contributed by atoms with E-state index in [1.165, 1.54) is 12.6 Å². The van der Waals surface area contributed by atoms with Gasteiger partial charge in [0.2, 0.25) is 0 Å². The molecule has 1 aromatic carbocycles. The lowest BCUT2D eigenvalue weighted by atomic mass is 10.3.